The van der Waals surface area contributed by atoms with Crippen molar-refractivity contribution in [3.05, 3.63) is 56.4 Å². The lowest BCUT2D eigenvalue weighted by Gasteiger charge is -2.23. The third-order valence-electron chi connectivity index (χ3n) is 3.07. The van der Waals surface area contributed by atoms with E-state index in [4.69, 9.17) is 0 Å². The largest absolute Gasteiger partial charge is 0.312 e. The molecule has 0 amide bonds. The van der Waals surface area contributed by atoms with Gasteiger partial charge in [-0.3, -0.25) is 0 Å². The Balaban J connectivity index is 1.91. The van der Waals surface area contributed by atoms with Gasteiger partial charge in [0.15, 0.2) is 0 Å². The zero-order valence-electron chi connectivity index (χ0n) is 11.0. The van der Waals surface area contributed by atoms with E-state index in [1.54, 1.807) is 11.3 Å². The fourth-order valence-corrected chi connectivity index (χ4v) is 3.20. The molecule has 4 heteroatoms. The van der Waals surface area contributed by atoms with E-state index in [1.807, 2.05) is 12.1 Å². The molecule has 2 aromatic rings. The fraction of sp³-hybridized carbons (Fsp3) is 0.333. The van der Waals surface area contributed by atoms with Crippen molar-refractivity contribution in [2.24, 2.45) is 0 Å². The van der Waals surface area contributed by atoms with Crippen LogP contribution < -0.4 is 5.32 Å². The van der Waals surface area contributed by atoms with E-state index in [0.29, 0.717) is 4.47 Å². The van der Waals surface area contributed by atoms with Gasteiger partial charge in [-0.1, -0.05) is 26.0 Å². The van der Waals surface area contributed by atoms with Gasteiger partial charge in [0.05, 0.1) is 4.47 Å². The van der Waals surface area contributed by atoms with Gasteiger partial charge in [0.25, 0.3) is 0 Å². The number of halogens is 2. The highest BCUT2D eigenvalue weighted by atomic mass is 79.9. The fourth-order valence-electron chi connectivity index (χ4n) is 1.92. The number of thiophene rings is 1. The Labute approximate surface area is 126 Å². The van der Waals surface area contributed by atoms with Crippen LogP contribution in [0.4, 0.5) is 4.39 Å². The summed E-state index contributed by atoms with van der Waals surface area (Å²) in [4.78, 5) is 1.38. The molecule has 0 radical (unpaired) electrons. The summed E-state index contributed by atoms with van der Waals surface area (Å²) in [7, 11) is 0. The van der Waals surface area contributed by atoms with Crippen LogP contribution >= 0.6 is 27.3 Å². The van der Waals surface area contributed by atoms with Crippen LogP contribution in [0.15, 0.2) is 40.2 Å². The molecule has 0 fully saturated rings. The molecular weight excluding hydrogens is 325 g/mol. The summed E-state index contributed by atoms with van der Waals surface area (Å²) in [5.74, 6) is -0.220. The van der Waals surface area contributed by atoms with E-state index in [9.17, 15) is 4.39 Å². The molecule has 0 saturated carbocycles. The molecule has 1 N–H and O–H groups in total. The second-order valence-corrected chi connectivity index (χ2v) is 7.02. The van der Waals surface area contributed by atoms with Crippen LogP contribution in [0, 0.1) is 5.82 Å². The minimum absolute atomic E-state index is 0.116. The molecule has 1 heterocycles. The Morgan fingerprint density at radius 3 is 2.74 bits per heavy atom. The first kappa shape index (κ1) is 14.7. The van der Waals surface area contributed by atoms with E-state index in [2.05, 4.69) is 52.6 Å². The van der Waals surface area contributed by atoms with Crippen LogP contribution in [0.3, 0.4) is 0 Å². The molecule has 0 spiro atoms. The van der Waals surface area contributed by atoms with Crippen LogP contribution in [0.5, 0.6) is 0 Å². The highest BCUT2D eigenvalue weighted by Gasteiger charge is 2.20. The minimum atomic E-state index is -0.220. The molecule has 0 aliphatic rings. The summed E-state index contributed by atoms with van der Waals surface area (Å²) >= 11 is 4.99. The van der Waals surface area contributed by atoms with Crippen molar-refractivity contribution in [3.8, 4) is 0 Å². The molecule has 1 nitrogen and oxygen atoms in total. The molecule has 0 saturated heterocycles. The summed E-state index contributed by atoms with van der Waals surface area (Å²) in [6, 6.07) is 9.37. The van der Waals surface area contributed by atoms with E-state index >= 15 is 0 Å². The highest BCUT2D eigenvalue weighted by molar-refractivity contribution is 9.10. The molecule has 0 bridgehead atoms. The summed E-state index contributed by atoms with van der Waals surface area (Å²) in [6.45, 7) is 6.09. The van der Waals surface area contributed by atoms with E-state index in [0.717, 1.165) is 18.7 Å². The maximum atomic E-state index is 13.1. The van der Waals surface area contributed by atoms with E-state index in [-0.39, 0.29) is 11.2 Å². The Hall–Kier alpha value is -0.710. The van der Waals surface area contributed by atoms with Crippen molar-refractivity contribution in [2.45, 2.75) is 25.8 Å². The highest BCUT2D eigenvalue weighted by Crippen LogP contribution is 2.26. The Morgan fingerprint density at radius 2 is 2.11 bits per heavy atom. The number of hydrogen-bond acceptors (Lipinski definition) is 2. The molecule has 0 aliphatic heterocycles. The second kappa shape index (κ2) is 6.16. The SMILES string of the molecule is CC(C)(CNCc1ccc(F)c(Br)c1)c1cccs1. The molecule has 0 aliphatic carbocycles. The lowest BCUT2D eigenvalue weighted by Crippen LogP contribution is -2.31. The zero-order valence-corrected chi connectivity index (χ0v) is 13.4. The molecular formula is C15H17BrFNS. The second-order valence-electron chi connectivity index (χ2n) is 5.21. The van der Waals surface area contributed by atoms with E-state index in [1.165, 1.54) is 10.9 Å². The first-order valence-electron chi connectivity index (χ1n) is 6.18. The summed E-state index contributed by atoms with van der Waals surface area (Å²) in [6.07, 6.45) is 0. The monoisotopic (exact) mass is 341 g/mol. The van der Waals surface area contributed by atoms with Gasteiger partial charge in [-0.05, 0) is 45.1 Å². The molecule has 1 aromatic heterocycles. The first-order valence-corrected chi connectivity index (χ1v) is 7.85. The van der Waals surface area contributed by atoms with Crippen LogP contribution in [-0.4, -0.2) is 6.54 Å². The van der Waals surface area contributed by atoms with Gasteiger partial charge in [0, 0.05) is 23.4 Å². The number of nitrogens with one attached hydrogen (secondary N) is 1. The summed E-state index contributed by atoms with van der Waals surface area (Å²) < 4.78 is 13.6. The van der Waals surface area contributed by atoms with Crippen LogP contribution in [-0.2, 0) is 12.0 Å². The minimum Gasteiger partial charge on any atom is -0.312 e. The third-order valence-corrected chi connectivity index (χ3v) is 4.91. The molecule has 2 rings (SSSR count). The van der Waals surface area contributed by atoms with Gasteiger partial charge in [-0.25, -0.2) is 4.39 Å². The van der Waals surface area contributed by atoms with Crippen molar-refractivity contribution in [2.75, 3.05) is 6.54 Å². The third kappa shape index (κ3) is 3.88. The predicted octanol–water partition coefficient (Wildman–Crippen LogP) is 4.72. The molecule has 102 valence electrons. The average Bonchev–Trinajstić information content (AvgIpc) is 2.88. The Kier molecular flexibility index (Phi) is 4.76. The van der Waals surface area contributed by atoms with Crippen molar-refractivity contribution < 1.29 is 4.39 Å². The summed E-state index contributed by atoms with van der Waals surface area (Å²) in [5.41, 5.74) is 1.20. The van der Waals surface area contributed by atoms with Crippen molar-refractivity contribution in [3.63, 3.8) is 0 Å². The van der Waals surface area contributed by atoms with Gasteiger partial charge in [0.2, 0.25) is 0 Å². The lowest BCUT2D eigenvalue weighted by atomic mass is 9.91. The molecule has 0 atom stereocenters. The van der Waals surface area contributed by atoms with Crippen LogP contribution in [0.2, 0.25) is 0 Å². The van der Waals surface area contributed by atoms with Crippen molar-refractivity contribution in [1.29, 1.82) is 0 Å². The van der Waals surface area contributed by atoms with Gasteiger partial charge >= 0.3 is 0 Å². The lowest BCUT2D eigenvalue weighted by molar-refractivity contribution is 0.476. The normalized spacial score (nSPS) is 11.8. The molecule has 19 heavy (non-hydrogen) atoms. The maximum Gasteiger partial charge on any atom is 0.137 e. The first-order chi connectivity index (χ1) is 8.99. The van der Waals surface area contributed by atoms with Gasteiger partial charge in [0.1, 0.15) is 5.82 Å². The summed E-state index contributed by atoms with van der Waals surface area (Å²) in [5, 5.41) is 5.55. The molecule has 0 unspecified atom stereocenters. The van der Waals surface area contributed by atoms with Crippen LogP contribution in [0.1, 0.15) is 24.3 Å². The van der Waals surface area contributed by atoms with E-state index < -0.39 is 0 Å². The van der Waals surface area contributed by atoms with Gasteiger partial charge in [-0.2, -0.15) is 0 Å². The topological polar surface area (TPSA) is 12.0 Å². The van der Waals surface area contributed by atoms with Crippen molar-refractivity contribution >= 4 is 27.3 Å². The Morgan fingerprint density at radius 1 is 1.32 bits per heavy atom. The Bertz CT molecular complexity index is 537. The zero-order chi connectivity index (χ0) is 13.9. The van der Waals surface area contributed by atoms with Crippen molar-refractivity contribution in [1.82, 2.24) is 5.32 Å². The van der Waals surface area contributed by atoms with Gasteiger partial charge < -0.3 is 5.32 Å². The number of rotatable bonds is 5. The molecule has 1 aromatic carbocycles. The maximum absolute atomic E-state index is 13.1. The number of benzene rings is 1. The quantitative estimate of drug-likeness (QED) is 0.829. The standard InChI is InChI=1S/C15H17BrFNS/c1-15(2,14-4-3-7-19-14)10-18-9-11-5-6-13(17)12(16)8-11/h3-8,18H,9-10H2,1-2H3. The smallest absolute Gasteiger partial charge is 0.137 e. The van der Waals surface area contributed by atoms with Gasteiger partial charge in [-0.15, -0.1) is 11.3 Å². The number of hydrogen-bond donors (Lipinski definition) is 1. The predicted molar refractivity (Wildman–Crippen MR) is 83.2 cm³/mol. The average molecular weight is 342 g/mol. The van der Waals surface area contributed by atoms with Crippen LogP contribution in [0.25, 0.3) is 0 Å².